The van der Waals surface area contributed by atoms with Crippen molar-refractivity contribution in [1.29, 1.82) is 0 Å². The molecule has 0 spiro atoms. The Bertz CT molecular complexity index is 1570. The molecule has 0 bridgehead atoms. The highest BCUT2D eigenvalue weighted by Gasteiger charge is 2.54. The quantitative estimate of drug-likeness (QED) is 0.132. The zero-order valence-corrected chi connectivity index (χ0v) is 25.6. The van der Waals surface area contributed by atoms with E-state index in [1.54, 1.807) is 19.1 Å². The van der Waals surface area contributed by atoms with Crippen molar-refractivity contribution < 1.29 is 39.0 Å². The topological polar surface area (TPSA) is 228 Å². The van der Waals surface area contributed by atoms with Gasteiger partial charge < -0.3 is 31.8 Å². The van der Waals surface area contributed by atoms with Crippen molar-refractivity contribution in [3.8, 4) is 0 Å². The third-order valence-corrected chi connectivity index (χ3v) is 9.51. The number of thioether (sulfide) groups is 2. The average Bonchev–Trinajstić information content (AvgIpc) is 3.39. The Balaban J connectivity index is 1.50. The summed E-state index contributed by atoms with van der Waals surface area (Å²) in [5, 5.41) is 26.1. The number of aromatic nitrogens is 1. The molecule has 17 heteroatoms. The monoisotopic (exact) mass is 648 g/mol. The van der Waals surface area contributed by atoms with Crippen LogP contribution in [0.1, 0.15) is 41.0 Å². The minimum atomic E-state index is -1.78. The molecule has 2 amide bonds. The van der Waals surface area contributed by atoms with Crippen LogP contribution in [0.2, 0.25) is 0 Å². The first-order valence-corrected chi connectivity index (χ1v) is 15.5. The lowest BCUT2D eigenvalue weighted by Gasteiger charge is -2.49. The second-order valence-electron chi connectivity index (χ2n) is 9.97. The van der Waals surface area contributed by atoms with Gasteiger partial charge in [0.05, 0.1) is 0 Å². The fourth-order valence-electron chi connectivity index (χ4n) is 4.12. The molecule has 14 nitrogen and oxygen atoms in total. The Morgan fingerprint density at radius 3 is 2.58 bits per heavy atom. The Hall–Kier alpha value is -3.93. The molecule has 1 fully saturated rings. The number of carboxylic acids is 2. The number of carbonyl (C=O) groups excluding carboxylic acids is 3. The lowest BCUT2D eigenvalue weighted by Crippen LogP contribution is -2.71. The van der Waals surface area contributed by atoms with Crippen LogP contribution in [0, 0.1) is 6.92 Å². The van der Waals surface area contributed by atoms with E-state index in [9.17, 15) is 34.2 Å². The number of carbonyl (C=O) groups is 5. The first-order chi connectivity index (χ1) is 20.2. The summed E-state index contributed by atoms with van der Waals surface area (Å²) in [6, 6.07) is 4.15. The number of hydrogen-bond acceptors (Lipinski definition) is 13. The maximum atomic E-state index is 13.2. The van der Waals surface area contributed by atoms with Crippen molar-refractivity contribution in [1.82, 2.24) is 15.2 Å². The summed E-state index contributed by atoms with van der Waals surface area (Å²) < 4.78 is 0. The second kappa shape index (κ2) is 12.7. The number of β-lactam (4-membered cyclic amide) rings is 1. The van der Waals surface area contributed by atoms with Gasteiger partial charge in [-0.2, -0.15) is 0 Å². The molecule has 3 heterocycles. The number of carboxylic acid groups (broad SMARTS) is 2. The molecule has 43 heavy (non-hydrogen) atoms. The van der Waals surface area contributed by atoms with Gasteiger partial charge in [-0.25, -0.2) is 14.6 Å². The summed E-state index contributed by atoms with van der Waals surface area (Å²) in [6.45, 7) is 4.60. The van der Waals surface area contributed by atoms with Crippen LogP contribution >= 0.6 is 34.9 Å². The molecule has 1 unspecified atom stereocenters. The first kappa shape index (κ1) is 32.0. The van der Waals surface area contributed by atoms with Gasteiger partial charge in [-0.15, -0.1) is 23.1 Å². The van der Waals surface area contributed by atoms with Crippen LogP contribution in [0.5, 0.6) is 0 Å². The molecule has 0 radical (unpaired) electrons. The fraction of sp³-hybridized carbons (Fsp3) is 0.346. The molecule has 0 saturated carbocycles. The van der Waals surface area contributed by atoms with Gasteiger partial charge >= 0.3 is 11.9 Å². The van der Waals surface area contributed by atoms with Crippen molar-refractivity contribution in [2.24, 2.45) is 10.9 Å². The summed E-state index contributed by atoms with van der Waals surface area (Å²) in [6.07, 6.45) is 0. The van der Waals surface area contributed by atoms with Crippen LogP contribution < -0.4 is 16.8 Å². The number of fused-ring (bicyclic) bond motifs is 1. The lowest BCUT2D eigenvalue weighted by atomic mass is 10.0. The van der Waals surface area contributed by atoms with Crippen molar-refractivity contribution in [3.63, 3.8) is 0 Å². The molecule has 2 aliphatic heterocycles. The molecule has 0 aliphatic carbocycles. The number of nitrogen functional groups attached to an aromatic ring is 1. The SMILES string of the molecule is Cc1cc(CN)ccc1C(=O)SCC1=C(C(=O)O)N2C(=O)C(NC(=O)C(=NOC(C)(C)C(=O)O)c3csc(N)n3)[C@H]2SC1. The Labute approximate surface area is 257 Å². The van der Waals surface area contributed by atoms with Gasteiger partial charge in [0.15, 0.2) is 10.8 Å². The smallest absolute Gasteiger partial charge is 0.352 e. The predicted molar refractivity (Wildman–Crippen MR) is 161 cm³/mol. The summed E-state index contributed by atoms with van der Waals surface area (Å²) in [4.78, 5) is 73.1. The zero-order valence-electron chi connectivity index (χ0n) is 23.2. The number of thiazole rings is 1. The van der Waals surface area contributed by atoms with Crippen LogP contribution in [0.25, 0.3) is 0 Å². The van der Waals surface area contributed by atoms with E-state index in [1.807, 2.05) is 6.07 Å². The summed E-state index contributed by atoms with van der Waals surface area (Å²) in [5.74, 6) is -3.98. The van der Waals surface area contributed by atoms with Crippen molar-refractivity contribution in [3.05, 3.63) is 57.2 Å². The van der Waals surface area contributed by atoms with Crippen molar-refractivity contribution in [2.75, 3.05) is 17.2 Å². The van der Waals surface area contributed by atoms with Crippen molar-refractivity contribution >= 4 is 74.6 Å². The number of nitrogens with zero attached hydrogens (tertiary/aromatic N) is 3. The van der Waals surface area contributed by atoms with E-state index in [1.165, 1.54) is 31.0 Å². The number of amides is 2. The van der Waals surface area contributed by atoms with Crippen LogP contribution in [-0.2, 0) is 30.6 Å². The molecule has 228 valence electrons. The normalized spacial score (nSPS) is 18.6. The Morgan fingerprint density at radius 1 is 1.28 bits per heavy atom. The number of rotatable bonds is 11. The molecule has 1 aromatic heterocycles. The molecule has 4 rings (SSSR count). The van der Waals surface area contributed by atoms with Crippen LogP contribution in [-0.4, -0.2) is 83.2 Å². The highest BCUT2D eigenvalue weighted by Crippen LogP contribution is 2.41. The number of nitrogens with one attached hydrogen (secondary N) is 1. The number of aliphatic carboxylic acids is 2. The van der Waals surface area contributed by atoms with Crippen LogP contribution in [0.15, 0.2) is 40.0 Å². The lowest BCUT2D eigenvalue weighted by molar-refractivity contribution is -0.161. The van der Waals surface area contributed by atoms with Gasteiger partial charge in [0.1, 0.15) is 22.8 Å². The van der Waals surface area contributed by atoms with Gasteiger partial charge in [-0.05, 0) is 43.5 Å². The molecule has 2 atom stereocenters. The summed E-state index contributed by atoms with van der Waals surface area (Å²) in [7, 11) is 0. The average molecular weight is 649 g/mol. The molecule has 1 saturated heterocycles. The van der Waals surface area contributed by atoms with E-state index < -0.39 is 46.5 Å². The number of anilines is 1. The standard InChI is InChI=1S/C26H28N6O8S3/c1-11-6-12(7-27)4-5-14(11)23(37)42-9-13-8-41-21-17(20(34)32(21)18(13)22(35)36)30-19(33)16(15-10-43-25(28)29-15)31-40-26(2,3)24(38)39/h4-6,10,17,21H,7-9,27H2,1-3H3,(H2,28,29)(H,30,33)(H,35,36)(H,38,39)/t17?,21-/m1/s1. The molecule has 2 aromatic rings. The maximum Gasteiger partial charge on any atom is 0.352 e. The maximum absolute atomic E-state index is 13.2. The molecule has 1 aromatic carbocycles. The number of oxime groups is 1. The third-order valence-electron chi connectivity index (χ3n) is 6.52. The largest absolute Gasteiger partial charge is 0.478 e. The number of benzene rings is 1. The minimum Gasteiger partial charge on any atom is -0.478 e. The second-order valence-corrected chi connectivity index (χ2v) is 12.9. The minimum absolute atomic E-state index is 0.00381. The van der Waals surface area contributed by atoms with E-state index in [0.717, 1.165) is 39.1 Å². The van der Waals surface area contributed by atoms with Gasteiger partial charge in [0.25, 0.3) is 11.8 Å². The van der Waals surface area contributed by atoms with E-state index in [0.29, 0.717) is 17.7 Å². The summed E-state index contributed by atoms with van der Waals surface area (Å²) >= 11 is 3.18. The number of aryl methyl sites for hydroxylation is 1. The molecular weight excluding hydrogens is 621 g/mol. The molecule has 2 aliphatic rings. The van der Waals surface area contributed by atoms with Crippen molar-refractivity contribution in [2.45, 2.75) is 44.3 Å². The summed E-state index contributed by atoms with van der Waals surface area (Å²) in [5.41, 5.74) is 11.4. The molecular formula is C26H28N6O8S3. The Kier molecular flexibility index (Phi) is 9.48. The van der Waals surface area contributed by atoms with Gasteiger partial charge in [-0.3, -0.25) is 19.3 Å². The van der Waals surface area contributed by atoms with E-state index in [4.69, 9.17) is 16.3 Å². The molecule has 7 N–H and O–H groups in total. The third kappa shape index (κ3) is 6.69. The number of hydrogen-bond donors (Lipinski definition) is 5. The van der Waals surface area contributed by atoms with E-state index >= 15 is 0 Å². The van der Waals surface area contributed by atoms with Gasteiger partial charge in [0, 0.05) is 29.0 Å². The first-order valence-electron chi connectivity index (χ1n) is 12.6. The van der Waals surface area contributed by atoms with Gasteiger partial charge in [-0.1, -0.05) is 29.1 Å². The number of nitrogens with two attached hydrogens (primary N) is 2. The van der Waals surface area contributed by atoms with Crippen LogP contribution in [0.3, 0.4) is 0 Å². The highest BCUT2D eigenvalue weighted by atomic mass is 32.2. The predicted octanol–water partition coefficient (Wildman–Crippen LogP) is 1.39. The van der Waals surface area contributed by atoms with E-state index in [-0.39, 0.29) is 33.1 Å². The van der Waals surface area contributed by atoms with Gasteiger partial charge in [0.2, 0.25) is 10.7 Å². The zero-order chi connectivity index (χ0) is 31.6. The Morgan fingerprint density at radius 2 is 2.00 bits per heavy atom. The van der Waals surface area contributed by atoms with E-state index in [2.05, 4.69) is 15.5 Å². The highest BCUT2D eigenvalue weighted by molar-refractivity contribution is 8.14. The van der Waals surface area contributed by atoms with Crippen LogP contribution in [0.4, 0.5) is 5.13 Å². The fourth-order valence-corrected chi connectivity index (χ4v) is 7.07.